The maximum atomic E-state index is 11.8. The molecular weight excluding hydrogens is 246 g/mol. The van der Waals surface area contributed by atoms with E-state index in [1.165, 1.54) is 6.07 Å². The smallest absolute Gasteiger partial charge is 0.326 e. The zero-order chi connectivity index (χ0) is 14.4. The van der Waals surface area contributed by atoms with Gasteiger partial charge < -0.3 is 15.5 Å². The monoisotopic (exact) mass is 265 g/mol. The average Bonchev–Trinajstić information content (AvgIpc) is 2.37. The van der Waals surface area contributed by atoms with Gasteiger partial charge in [-0.15, -0.1) is 0 Å². The van der Waals surface area contributed by atoms with Gasteiger partial charge in [0.1, 0.15) is 11.8 Å². The first-order valence-electron chi connectivity index (χ1n) is 6.24. The number of carboxylic acid groups (broad SMARTS) is 1. The third-order valence-electron chi connectivity index (χ3n) is 3.14. The maximum Gasteiger partial charge on any atom is 0.326 e. The van der Waals surface area contributed by atoms with Gasteiger partial charge in [-0.1, -0.05) is 38.5 Å². The summed E-state index contributed by atoms with van der Waals surface area (Å²) in [6.45, 7) is 3.65. The molecule has 0 bridgehead atoms. The number of hydrogen-bond acceptors (Lipinski definition) is 3. The quantitative estimate of drug-likeness (QED) is 0.728. The number of aliphatic carboxylic acids is 1. The summed E-state index contributed by atoms with van der Waals surface area (Å²) >= 11 is 0. The van der Waals surface area contributed by atoms with E-state index < -0.39 is 17.9 Å². The van der Waals surface area contributed by atoms with Gasteiger partial charge in [0, 0.05) is 5.56 Å². The van der Waals surface area contributed by atoms with Crippen molar-refractivity contribution in [1.82, 2.24) is 5.32 Å². The number of carboxylic acids is 1. The maximum absolute atomic E-state index is 11.8. The summed E-state index contributed by atoms with van der Waals surface area (Å²) in [6.07, 6.45) is 0.626. The minimum absolute atomic E-state index is 0.0348. The highest BCUT2D eigenvalue weighted by Gasteiger charge is 2.25. The Morgan fingerprint density at radius 3 is 2.47 bits per heavy atom. The van der Waals surface area contributed by atoms with E-state index >= 15 is 0 Å². The Labute approximate surface area is 112 Å². The fraction of sp³-hybridized carbons (Fsp3) is 0.429. The van der Waals surface area contributed by atoms with E-state index in [0.717, 1.165) is 0 Å². The lowest BCUT2D eigenvalue weighted by molar-refractivity contribution is -0.143. The third kappa shape index (κ3) is 4.28. The molecule has 1 aromatic rings. The number of rotatable bonds is 6. The summed E-state index contributed by atoms with van der Waals surface area (Å²) in [7, 11) is 0. The summed E-state index contributed by atoms with van der Waals surface area (Å²) in [4.78, 5) is 22.9. The van der Waals surface area contributed by atoms with Gasteiger partial charge in [0.25, 0.3) is 0 Å². The molecule has 1 aromatic carbocycles. The number of nitrogens with one attached hydrogen (secondary N) is 1. The van der Waals surface area contributed by atoms with E-state index in [1.807, 2.05) is 6.92 Å². The molecule has 0 saturated carbocycles. The number of aromatic hydroxyl groups is 1. The number of phenolic OH excluding ortho intramolecular Hbond substituents is 1. The largest absolute Gasteiger partial charge is 0.508 e. The van der Waals surface area contributed by atoms with Gasteiger partial charge in [0.2, 0.25) is 5.91 Å². The van der Waals surface area contributed by atoms with E-state index in [2.05, 4.69) is 5.32 Å². The van der Waals surface area contributed by atoms with Crippen molar-refractivity contribution >= 4 is 11.9 Å². The number of phenols is 1. The molecule has 1 unspecified atom stereocenters. The van der Waals surface area contributed by atoms with Crippen LogP contribution in [0.2, 0.25) is 0 Å². The van der Waals surface area contributed by atoms with Crippen molar-refractivity contribution in [3.05, 3.63) is 29.8 Å². The normalized spacial score (nSPS) is 13.6. The van der Waals surface area contributed by atoms with Crippen molar-refractivity contribution in [3.63, 3.8) is 0 Å². The van der Waals surface area contributed by atoms with E-state index in [4.69, 9.17) is 5.11 Å². The number of carbonyl (C=O) groups is 2. The SMILES string of the molecule is CCC(C)[C@H](NC(=O)Cc1ccccc1O)C(=O)O. The predicted molar refractivity (Wildman–Crippen MR) is 70.8 cm³/mol. The Morgan fingerprint density at radius 1 is 1.32 bits per heavy atom. The minimum atomic E-state index is -1.04. The Hall–Kier alpha value is -2.04. The molecule has 5 nitrogen and oxygen atoms in total. The molecular formula is C14H19NO4. The molecule has 0 aliphatic rings. The Kier molecular flexibility index (Phi) is 5.36. The van der Waals surface area contributed by atoms with Gasteiger partial charge >= 0.3 is 5.97 Å². The number of benzene rings is 1. The van der Waals surface area contributed by atoms with Gasteiger partial charge in [0.15, 0.2) is 0 Å². The van der Waals surface area contributed by atoms with Gasteiger partial charge in [-0.05, 0) is 12.0 Å². The van der Waals surface area contributed by atoms with Gasteiger partial charge in [-0.2, -0.15) is 0 Å². The molecule has 0 saturated heterocycles. The van der Waals surface area contributed by atoms with Crippen molar-refractivity contribution in [3.8, 4) is 5.75 Å². The van der Waals surface area contributed by atoms with Crippen LogP contribution in [0.3, 0.4) is 0 Å². The molecule has 0 fully saturated rings. The molecule has 104 valence electrons. The van der Waals surface area contributed by atoms with Crippen LogP contribution in [0, 0.1) is 5.92 Å². The van der Waals surface area contributed by atoms with Crippen LogP contribution >= 0.6 is 0 Å². The summed E-state index contributed by atoms with van der Waals surface area (Å²) in [5.41, 5.74) is 0.480. The van der Waals surface area contributed by atoms with Crippen molar-refractivity contribution in [2.75, 3.05) is 0 Å². The summed E-state index contributed by atoms with van der Waals surface area (Å²) in [6, 6.07) is 5.60. The van der Waals surface area contributed by atoms with Crippen molar-refractivity contribution in [2.45, 2.75) is 32.7 Å². The second-order valence-electron chi connectivity index (χ2n) is 4.57. The van der Waals surface area contributed by atoms with Crippen LogP contribution < -0.4 is 5.32 Å². The standard InChI is InChI=1S/C14H19NO4/c1-3-9(2)13(14(18)19)15-12(17)8-10-6-4-5-7-11(10)16/h4-7,9,13,16H,3,8H2,1-2H3,(H,15,17)(H,18,19)/t9?,13-/m0/s1. The molecule has 0 aliphatic carbocycles. The molecule has 1 amide bonds. The summed E-state index contributed by atoms with van der Waals surface area (Å²) in [5.74, 6) is -1.56. The fourth-order valence-corrected chi connectivity index (χ4v) is 1.74. The lowest BCUT2D eigenvalue weighted by Crippen LogP contribution is -2.45. The van der Waals surface area contributed by atoms with Crippen LogP contribution in [-0.2, 0) is 16.0 Å². The van der Waals surface area contributed by atoms with E-state index in [9.17, 15) is 14.7 Å². The number of para-hydroxylation sites is 1. The van der Waals surface area contributed by atoms with Crippen LogP contribution in [0.15, 0.2) is 24.3 Å². The molecule has 0 aromatic heterocycles. The highest BCUT2D eigenvalue weighted by atomic mass is 16.4. The second kappa shape index (κ2) is 6.78. The van der Waals surface area contributed by atoms with Gasteiger partial charge in [-0.3, -0.25) is 4.79 Å². The van der Waals surface area contributed by atoms with Gasteiger partial charge in [-0.25, -0.2) is 4.79 Å². The molecule has 1 rings (SSSR count). The summed E-state index contributed by atoms with van der Waals surface area (Å²) in [5, 5.41) is 21.1. The van der Waals surface area contributed by atoms with E-state index in [-0.39, 0.29) is 18.1 Å². The highest BCUT2D eigenvalue weighted by molar-refractivity contribution is 5.85. The Bertz CT molecular complexity index is 459. The first-order chi connectivity index (χ1) is 8.95. The Morgan fingerprint density at radius 2 is 1.95 bits per heavy atom. The number of carbonyl (C=O) groups excluding carboxylic acids is 1. The lowest BCUT2D eigenvalue weighted by Gasteiger charge is -2.20. The zero-order valence-corrected chi connectivity index (χ0v) is 11.1. The highest BCUT2D eigenvalue weighted by Crippen LogP contribution is 2.16. The minimum Gasteiger partial charge on any atom is -0.508 e. The topological polar surface area (TPSA) is 86.6 Å². The second-order valence-corrected chi connectivity index (χ2v) is 4.57. The molecule has 0 spiro atoms. The molecule has 0 aliphatic heterocycles. The first-order valence-corrected chi connectivity index (χ1v) is 6.24. The molecule has 19 heavy (non-hydrogen) atoms. The first kappa shape index (κ1) is 15.0. The average molecular weight is 265 g/mol. The predicted octanol–water partition coefficient (Wildman–Crippen LogP) is 1.55. The lowest BCUT2D eigenvalue weighted by atomic mass is 9.99. The number of amides is 1. The van der Waals surface area contributed by atoms with E-state index in [0.29, 0.717) is 12.0 Å². The van der Waals surface area contributed by atoms with Crippen molar-refractivity contribution < 1.29 is 19.8 Å². The third-order valence-corrected chi connectivity index (χ3v) is 3.14. The van der Waals surface area contributed by atoms with Crippen molar-refractivity contribution in [1.29, 1.82) is 0 Å². The van der Waals surface area contributed by atoms with Gasteiger partial charge in [0.05, 0.1) is 6.42 Å². The van der Waals surface area contributed by atoms with Crippen molar-refractivity contribution in [2.24, 2.45) is 5.92 Å². The number of hydrogen-bond donors (Lipinski definition) is 3. The molecule has 2 atom stereocenters. The summed E-state index contributed by atoms with van der Waals surface area (Å²) < 4.78 is 0. The van der Waals surface area contributed by atoms with Crippen LogP contribution in [-0.4, -0.2) is 28.1 Å². The molecule has 0 radical (unpaired) electrons. The molecule has 5 heteroatoms. The molecule has 3 N–H and O–H groups in total. The van der Waals surface area contributed by atoms with Crippen LogP contribution in [0.25, 0.3) is 0 Å². The zero-order valence-electron chi connectivity index (χ0n) is 11.1. The molecule has 0 heterocycles. The van der Waals surface area contributed by atoms with Crippen LogP contribution in [0.4, 0.5) is 0 Å². The van der Waals surface area contributed by atoms with Crippen LogP contribution in [0.5, 0.6) is 5.75 Å². The fourth-order valence-electron chi connectivity index (χ4n) is 1.74. The van der Waals surface area contributed by atoms with E-state index in [1.54, 1.807) is 25.1 Å². The Balaban J connectivity index is 2.68. The van der Waals surface area contributed by atoms with Crippen LogP contribution in [0.1, 0.15) is 25.8 Å².